The van der Waals surface area contributed by atoms with Gasteiger partial charge < -0.3 is 11.1 Å². The molecule has 0 aliphatic rings. The van der Waals surface area contributed by atoms with Crippen LogP contribution in [0.25, 0.3) is 0 Å². The fourth-order valence-corrected chi connectivity index (χ4v) is 1.55. The van der Waals surface area contributed by atoms with Crippen LogP contribution in [-0.4, -0.2) is 21.8 Å². The number of halogens is 1. The van der Waals surface area contributed by atoms with Crippen LogP contribution in [0.2, 0.25) is 5.15 Å². The minimum atomic E-state index is -0.597. The average Bonchev–Trinajstić information content (AvgIpc) is 2.39. The topological polar surface area (TPSA) is 98.0 Å². The van der Waals surface area contributed by atoms with Crippen LogP contribution in [-0.2, 0) is 0 Å². The molecular formula is C12H9ClN4O2. The third kappa shape index (κ3) is 3.26. The molecule has 3 N–H and O–H groups in total. The molecule has 1 heterocycles. The Labute approximate surface area is 113 Å². The predicted octanol–water partition coefficient (Wildman–Crippen LogP) is 1.48. The van der Waals surface area contributed by atoms with Crippen LogP contribution < -0.4 is 11.1 Å². The predicted molar refractivity (Wildman–Crippen MR) is 70.0 cm³/mol. The first-order valence-corrected chi connectivity index (χ1v) is 5.63. The number of hydrogen-bond acceptors (Lipinski definition) is 4. The van der Waals surface area contributed by atoms with Gasteiger partial charge in [0.25, 0.3) is 5.91 Å². The molecule has 0 atom stereocenters. The summed E-state index contributed by atoms with van der Waals surface area (Å²) in [6, 6.07) is 7.48. The van der Waals surface area contributed by atoms with Gasteiger partial charge in [-0.1, -0.05) is 17.7 Å². The summed E-state index contributed by atoms with van der Waals surface area (Å²) in [6.07, 6.45) is 1.23. The molecular weight excluding hydrogens is 268 g/mol. The van der Waals surface area contributed by atoms with Gasteiger partial charge in [-0.3, -0.25) is 9.59 Å². The number of hydrogen-bond donors (Lipinski definition) is 2. The molecule has 1 aromatic heterocycles. The van der Waals surface area contributed by atoms with Gasteiger partial charge in [-0.2, -0.15) is 0 Å². The second-order valence-corrected chi connectivity index (χ2v) is 4.01. The summed E-state index contributed by atoms with van der Waals surface area (Å²) in [5.74, 6) is -0.743. The van der Waals surface area contributed by atoms with Gasteiger partial charge in [0, 0.05) is 17.2 Å². The van der Waals surface area contributed by atoms with E-state index < -0.39 is 11.8 Å². The molecule has 2 aromatic rings. The van der Waals surface area contributed by atoms with E-state index in [1.165, 1.54) is 24.5 Å². The molecule has 0 saturated heterocycles. The van der Waals surface area contributed by atoms with Gasteiger partial charge in [0.05, 0.1) is 0 Å². The van der Waals surface area contributed by atoms with Crippen LogP contribution in [0.1, 0.15) is 20.7 Å². The Morgan fingerprint density at radius 1 is 1.16 bits per heavy atom. The van der Waals surface area contributed by atoms with Crippen molar-refractivity contribution in [2.24, 2.45) is 5.73 Å². The van der Waals surface area contributed by atoms with Crippen LogP contribution in [0.3, 0.4) is 0 Å². The van der Waals surface area contributed by atoms with E-state index >= 15 is 0 Å². The number of primary amides is 1. The largest absolute Gasteiger partial charge is 0.366 e. The number of carbonyl (C=O) groups excluding carboxylic acids is 2. The van der Waals surface area contributed by atoms with Gasteiger partial charge in [-0.25, -0.2) is 9.97 Å². The van der Waals surface area contributed by atoms with E-state index in [0.29, 0.717) is 5.56 Å². The monoisotopic (exact) mass is 276 g/mol. The van der Waals surface area contributed by atoms with E-state index in [1.807, 2.05) is 0 Å². The van der Waals surface area contributed by atoms with E-state index in [4.69, 9.17) is 17.3 Å². The zero-order valence-corrected chi connectivity index (χ0v) is 10.4. The molecule has 0 spiro atoms. The number of rotatable bonds is 3. The molecule has 0 saturated carbocycles. The van der Waals surface area contributed by atoms with Gasteiger partial charge in [-0.15, -0.1) is 0 Å². The molecule has 0 fully saturated rings. The smallest absolute Gasteiger partial charge is 0.256 e. The van der Waals surface area contributed by atoms with Crippen LogP contribution >= 0.6 is 11.6 Å². The molecule has 0 radical (unpaired) electrons. The second-order valence-electron chi connectivity index (χ2n) is 3.63. The molecule has 0 bridgehead atoms. The van der Waals surface area contributed by atoms with Crippen molar-refractivity contribution in [3.8, 4) is 0 Å². The molecule has 7 heteroatoms. The first-order chi connectivity index (χ1) is 9.06. The maximum atomic E-state index is 11.9. The van der Waals surface area contributed by atoms with E-state index in [1.54, 1.807) is 12.1 Å². The maximum absolute atomic E-state index is 11.9. The van der Waals surface area contributed by atoms with Crippen molar-refractivity contribution in [1.29, 1.82) is 0 Å². The third-order valence-electron chi connectivity index (χ3n) is 2.28. The number of nitrogens with two attached hydrogens (primary N) is 1. The van der Waals surface area contributed by atoms with Crippen molar-refractivity contribution in [2.45, 2.75) is 0 Å². The summed E-state index contributed by atoms with van der Waals surface area (Å²) in [5.41, 5.74) is 5.70. The lowest BCUT2D eigenvalue weighted by Gasteiger charge is -2.05. The normalized spacial score (nSPS) is 9.95. The van der Waals surface area contributed by atoms with Gasteiger partial charge in [0.15, 0.2) is 0 Å². The molecule has 1 aromatic carbocycles. The van der Waals surface area contributed by atoms with Crippen molar-refractivity contribution < 1.29 is 9.59 Å². The first kappa shape index (κ1) is 13.0. The Bertz CT molecular complexity index is 645. The standard InChI is InChI=1S/C12H9ClN4O2/c13-9-5-10(16-6-15-9)17-12(19)8-3-1-2-7(4-8)11(14)18/h1-6H,(H2,14,18)(H,15,16,17,19). The van der Waals surface area contributed by atoms with Crippen molar-refractivity contribution in [2.75, 3.05) is 5.32 Å². The van der Waals surface area contributed by atoms with Crippen LogP contribution in [0.5, 0.6) is 0 Å². The Morgan fingerprint density at radius 2 is 1.89 bits per heavy atom. The molecule has 0 aliphatic carbocycles. The number of carbonyl (C=O) groups is 2. The highest BCUT2D eigenvalue weighted by molar-refractivity contribution is 6.29. The number of anilines is 1. The zero-order chi connectivity index (χ0) is 13.8. The molecule has 19 heavy (non-hydrogen) atoms. The lowest BCUT2D eigenvalue weighted by atomic mass is 10.1. The fourth-order valence-electron chi connectivity index (χ4n) is 1.40. The van der Waals surface area contributed by atoms with Crippen LogP contribution in [0, 0.1) is 0 Å². The minimum absolute atomic E-state index is 0.219. The number of nitrogens with zero attached hydrogens (tertiary/aromatic N) is 2. The molecule has 2 rings (SSSR count). The van der Waals surface area contributed by atoms with Crippen molar-refractivity contribution in [1.82, 2.24) is 9.97 Å². The summed E-state index contributed by atoms with van der Waals surface area (Å²) in [7, 11) is 0. The Balaban J connectivity index is 2.20. The van der Waals surface area contributed by atoms with Gasteiger partial charge in [-0.05, 0) is 18.2 Å². The third-order valence-corrected chi connectivity index (χ3v) is 2.49. The number of nitrogens with one attached hydrogen (secondary N) is 1. The van der Waals surface area contributed by atoms with E-state index in [0.717, 1.165) is 0 Å². The molecule has 0 aliphatic heterocycles. The van der Waals surface area contributed by atoms with Crippen molar-refractivity contribution in [3.63, 3.8) is 0 Å². The highest BCUT2D eigenvalue weighted by Gasteiger charge is 2.09. The number of benzene rings is 1. The van der Waals surface area contributed by atoms with E-state index in [9.17, 15) is 9.59 Å². The average molecular weight is 277 g/mol. The molecule has 96 valence electrons. The zero-order valence-electron chi connectivity index (χ0n) is 9.63. The Morgan fingerprint density at radius 3 is 2.58 bits per heavy atom. The minimum Gasteiger partial charge on any atom is -0.366 e. The highest BCUT2D eigenvalue weighted by atomic mass is 35.5. The summed E-state index contributed by atoms with van der Waals surface area (Å²) in [4.78, 5) is 30.5. The lowest BCUT2D eigenvalue weighted by molar-refractivity contribution is 0.1000. The summed E-state index contributed by atoms with van der Waals surface area (Å²) < 4.78 is 0. The first-order valence-electron chi connectivity index (χ1n) is 5.25. The second kappa shape index (κ2) is 5.45. The van der Waals surface area contributed by atoms with Crippen LogP contribution in [0.15, 0.2) is 36.7 Å². The molecule has 2 amide bonds. The Kier molecular flexibility index (Phi) is 3.72. The van der Waals surface area contributed by atoms with Gasteiger partial charge >= 0.3 is 0 Å². The van der Waals surface area contributed by atoms with Crippen molar-refractivity contribution >= 4 is 29.2 Å². The van der Waals surface area contributed by atoms with Gasteiger partial charge in [0.1, 0.15) is 17.3 Å². The number of aromatic nitrogens is 2. The van der Waals surface area contributed by atoms with E-state index in [2.05, 4.69) is 15.3 Å². The summed E-state index contributed by atoms with van der Waals surface area (Å²) in [5, 5.41) is 2.76. The maximum Gasteiger partial charge on any atom is 0.256 e. The molecule has 6 nitrogen and oxygen atoms in total. The number of amides is 2. The van der Waals surface area contributed by atoms with E-state index in [-0.39, 0.29) is 16.5 Å². The SMILES string of the molecule is NC(=O)c1cccc(C(=O)Nc2cc(Cl)ncn2)c1. The van der Waals surface area contributed by atoms with Crippen LogP contribution in [0.4, 0.5) is 5.82 Å². The lowest BCUT2D eigenvalue weighted by Crippen LogP contribution is -2.16. The fraction of sp³-hybridized carbons (Fsp3) is 0. The highest BCUT2D eigenvalue weighted by Crippen LogP contribution is 2.11. The van der Waals surface area contributed by atoms with Gasteiger partial charge in [0.2, 0.25) is 5.91 Å². The summed E-state index contributed by atoms with van der Waals surface area (Å²) >= 11 is 5.68. The summed E-state index contributed by atoms with van der Waals surface area (Å²) in [6.45, 7) is 0. The Hall–Kier alpha value is -2.47. The molecule has 0 unspecified atom stereocenters. The quantitative estimate of drug-likeness (QED) is 0.830. The van der Waals surface area contributed by atoms with Crippen molar-refractivity contribution in [3.05, 3.63) is 52.9 Å².